The molecule has 2 heterocycles. The summed E-state index contributed by atoms with van der Waals surface area (Å²) in [6, 6.07) is -0.799. The van der Waals surface area contributed by atoms with E-state index < -0.39 is 48.8 Å². The molecule has 0 aliphatic carbocycles. The number of ether oxygens (including phenoxy) is 2. The number of hydrogen-bond acceptors (Lipinski definition) is 8. The smallest absolute Gasteiger partial charge is 0.352 e. The minimum Gasteiger partial charge on any atom is -0.462 e. The lowest BCUT2D eigenvalue weighted by atomic mass is 10.1. The Balaban J connectivity index is 2.15. The molecule has 0 aromatic carbocycles. The second kappa shape index (κ2) is 9.01. The Morgan fingerprint density at radius 2 is 2.07 bits per heavy atom. The first-order chi connectivity index (χ1) is 12.7. The Bertz CT molecular complexity index is 601. The lowest BCUT2D eigenvalue weighted by molar-refractivity contribution is -0.151. The fourth-order valence-electron chi connectivity index (χ4n) is 2.85. The van der Waals surface area contributed by atoms with Gasteiger partial charge < -0.3 is 30.1 Å². The Hall–Kier alpha value is -0.990. The van der Waals surface area contributed by atoms with Gasteiger partial charge in [0.25, 0.3) is 0 Å². The van der Waals surface area contributed by atoms with Crippen LogP contribution in [0.1, 0.15) is 26.7 Å². The number of esters is 1. The number of nitrogens with zero attached hydrogens (tertiary/aromatic N) is 1. The largest absolute Gasteiger partial charge is 0.462 e. The Morgan fingerprint density at radius 1 is 1.44 bits per heavy atom. The van der Waals surface area contributed by atoms with Crippen molar-refractivity contribution in [3.63, 3.8) is 0 Å². The number of carbonyl (C=O) groups is 2. The number of nitrogens with one attached hydrogen (secondary N) is 1. The van der Waals surface area contributed by atoms with Crippen LogP contribution in [0.5, 0.6) is 0 Å². The zero-order valence-corrected chi connectivity index (χ0v) is 17.3. The van der Waals surface area contributed by atoms with Crippen molar-refractivity contribution in [1.82, 2.24) is 10.2 Å². The van der Waals surface area contributed by atoms with Crippen LogP contribution in [0.2, 0.25) is 0 Å². The molecule has 2 aliphatic heterocycles. The molecule has 1 fully saturated rings. The van der Waals surface area contributed by atoms with Crippen molar-refractivity contribution in [2.24, 2.45) is 11.7 Å². The average Bonchev–Trinajstić information content (AvgIpc) is 2.93. The van der Waals surface area contributed by atoms with Crippen LogP contribution in [0, 0.1) is 5.92 Å². The predicted molar refractivity (Wildman–Crippen MR) is 102 cm³/mol. The van der Waals surface area contributed by atoms with Crippen LogP contribution in [0.15, 0.2) is 9.78 Å². The second-order valence-electron chi connectivity index (χ2n) is 6.63. The maximum Gasteiger partial charge on any atom is 0.352 e. The van der Waals surface area contributed by atoms with Gasteiger partial charge >= 0.3 is 12.0 Å². The van der Waals surface area contributed by atoms with E-state index in [0.717, 1.165) is 17.7 Å². The highest BCUT2D eigenvalue weighted by Gasteiger charge is 2.51. The van der Waals surface area contributed by atoms with Gasteiger partial charge in [-0.15, -0.1) is 0 Å². The van der Waals surface area contributed by atoms with E-state index in [9.17, 15) is 24.9 Å². The summed E-state index contributed by atoms with van der Waals surface area (Å²) in [5, 5.41) is 31.5. The molecule has 2 aliphatic rings. The number of halogens is 1. The highest BCUT2D eigenvalue weighted by Crippen LogP contribution is 2.31. The van der Waals surface area contributed by atoms with E-state index in [0.29, 0.717) is 0 Å². The summed E-state index contributed by atoms with van der Waals surface area (Å²) >= 11 is 1.79. The lowest BCUT2D eigenvalue weighted by Crippen LogP contribution is -2.68. The van der Waals surface area contributed by atoms with E-state index in [2.05, 4.69) is 5.32 Å². The Kier molecular flexibility index (Phi) is 7.44. The number of amides is 2. The second-order valence-corrected chi connectivity index (χ2v) is 7.79. The van der Waals surface area contributed by atoms with Gasteiger partial charge in [0, 0.05) is 6.20 Å². The number of nitrogens with two attached hydrogens (primary N) is 1. The standard InChI is InChI=1S/C16H26IN3O7/c1-3-8(4-2)7-26-14(24)16(18)10(17)5-20(15(25)19-16)13-12(23)11(22)9(6-21)27-13/h5,8-9,11-13,21-23H,3-4,6-7,18H2,1-2H3,(H,19,25)/t9-,11-,12-,13-,16?/m1/s1. The highest BCUT2D eigenvalue weighted by molar-refractivity contribution is 14.1. The molecule has 27 heavy (non-hydrogen) atoms. The fourth-order valence-corrected chi connectivity index (χ4v) is 3.51. The summed E-state index contributed by atoms with van der Waals surface area (Å²) in [5.41, 5.74) is 4.23. The summed E-state index contributed by atoms with van der Waals surface area (Å²) < 4.78 is 10.9. The Morgan fingerprint density at radius 3 is 2.59 bits per heavy atom. The van der Waals surface area contributed by atoms with Crippen LogP contribution < -0.4 is 11.1 Å². The van der Waals surface area contributed by atoms with Crippen molar-refractivity contribution in [3.05, 3.63) is 9.78 Å². The maximum atomic E-state index is 12.5. The normalized spacial score (nSPS) is 33.9. The van der Waals surface area contributed by atoms with Gasteiger partial charge in [0.05, 0.1) is 16.8 Å². The molecule has 0 spiro atoms. The van der Waals surface area contributed by atoms with E-state index in [1.807, 2.05) is 13.8 Å². The molecule has 10 nitrogen and oxygen atoms in total. The third kappa shape index (κ3) is 4.38. The van der Waals surface area contributed by atoms with Crippen molar-refractivity contribution in [2.45, 2.75) is 56.9 Å². The van der Waals surface area contributed by atoms with Gasteiger partial charge in [-0.1, -0.05) is 26.7 Å². The number of aliphatic hydroxyl groups excluding tert-OH is 3. The monoisotopic (exact) mass is 499 g/mol. The molecule has 0 bridgehead atoms. The summed E-state index contributed by atoms with van der Waals surface area (Å²) in [5.74, 6) is -0.585. The van der Waals surface area contributed by atoms with Crippen LogP contribution in [-0.2, 0) is 14.3 Å². The molecule has 6 N–H and O–H groups in total. The first-order valence-corrected chi connectivity index (χ1v) is 9.84. The third-order valence-corrected chi connectivity index (χ3v) is 6.02. The lowest BCUT2D eigenvalue weighted by Gasteiger charge is -2.38. The number of rotatable bonds is 7. The summed E-state index contributed by atoms with van der Waals surface area (Å²) in [6.07, 6.45) is -2.09. The summed E-state index contributed by atoms with van der Waals surface area (Å²) in [7, 11) is 0. The van der Waals surface area contributed by atoms with Crippen LogP contribution in [0.3, 0.4) is 0 Å². The summed E-state index contributed by atoms with van der Waals surface area (Å²) in [4.78, 5) is 26.0. The molecular formula is C16H26IN3O7. The number of carbonyl (C=O) groups excluding carboxylic acids is 2. The summed E-state index contributed by atoms with van der Waals surface area (Å²) in [6.45, 7) is 3.66. The van der Waals surface area contributed by atoms with Gasteiger partial charge in [-0.25, -0.2) is 9.59 Å². The van der Waals surface area contributed by atoms with E-state index in [4.69, 9.17) is 15.2 Å². The van der Waals surface area contributed by atoms with E-state index >= 15 is 0 Å². The molecule has 1 saturated heterocycles. The molecule has 0 aromatic heterocycles. The van der Waals surface area contributed by atoms with Gasteiger partial charge in [-0.3, -0.25) is 10.6 Å². The molecule has 2 rings (SSSR count). The van der Waals surface area contributed by atoms with Gasteiger partial charge in [0.1, 0.15) is 18.3 Å². The fraction of sp³-hybridized carbons (Fsp3) is 0.750. The first-order valence-electron chi connectivity index (χ1n) is 8.76. The van der Waals surface area contributed by atoms with Crippen molar-refractivity contribution in [2.75, 3.05) is 13.2 Å². The first kappa shape index (κ1) is 22.3. The SMILES string of the molecule is CCC(CC)COC(=O)C1(N)NC(=O)N([C@@H]2O[C@H](CO)[C@@H](O)[C@H]2O)C=C1I. The van der Waals surface area contributed by atoms with Crippen LogP contribution >= 0.6 is 22.6 Å². The zero-order chi connectivity index (χ0) is 20.4. The predicted octanol–water partition coefficient (Wildman–Crippen LogP) is -0.639. The van der Waals surface area contributed by atoms with Gasteiger partial charge in [0.2, 0.25) is 5.66 Å². The van der Waals surface area contributed by atoms with Crippen LogP contribution in [-0.4, -0.2) is 75.6 Å². The van der Waals surface area contributed by atoms with Crippen LogP contribution in [0.25, 0.3) is 0 Å². The molecular weight excluding hydrogens is 473 g/mol. The average molecular weight is 499 g/mol. The molecule has 2 amide bonds. The van der Waals surface area contributed by atoms with E-state index in [1.54, 1.807) is 22.6 Å². The van der Waals surface area contributed by atoms with Gasteiger partial charge in [-0.05, 0) is 28.5 Å². The van der Waals surface area contributed by atoms with Crippen molar-refractivity contribution in [1.29, 1.82) is 0 Å². The molecule has 0 aromatic rings. The van der Waals surface area contributed by atoms with Gasteiger partial charge in [-0.2, -0.15) is 0 Å². The molecule has 1 unspecified atom stereocenters. The molecule has 154 valence electrons. The molecule has 0 radical (unpaired) electrons. The minimum absolute atomic E-state index is 0.198. The quantitative estimate of drug-likeness (QED) is 0.229. The maximum absolute atomic E-state index is 12.5. The van der Waals surface area contributed by atoms with E-state index in [1.165, 1.54) is 6.20 Å². The van der Waals surface area contributed by atoms with E-state index in [-0.39, 0.29) is 16.1 Å². The minimum atomic E-state index is -1.85. The zero-order valence-electron chi connectivity index (χ0n) is 15.2. The third-order valence-electron chi connectivity index (χ3n) is 4.89. The van der Waals surface area contributed by atoms with Crippen LogP contribution in [0.4, 0.5) is 4.79 Å². The van der Waals surface area contributed by atoms with Crippen molar-refractivity contribution >= 4 is 34.6 Å². The molecule has 5 atom stereocenters. The molecule has 11 heteroatoms. The Labute approximate surface area is 170 Å². The number of urea groups is 1. The van der Waals surface area contributed by atoms with Crippen molar-refractivity contribution in [3.8, 4) is 0 Å². The van der Waals surface area contributed by atoms with Crippen molar-refractivity contribution < 1.29 is 34.4 Å². The number of hydrogen-bond donors (Lipinski definition) is 5. The van der Waals surface area contributed by atoms with Gasteiger partial charge in [0.15, 0.2) is 6.23 Å². The highest BCUT2D eigenvalue weighted by atomic mass is 127. The topological polar surface area (TPSA) is 155 Å². The molecule has 0 saturated carbocycles. The number of aliphatic hydroxyl groups is 3.